The number of pyridine rings is 1. The Morgan fingerprint density at radius 1 is 1.15 bits per heavy atom. The van der Waals surface area contributed by atoms with Gasteiger partial charge in [0.2, 0.25) is 0 Å². The van der Waals surface area contributed by atoms with Crippen LogP contribution >= 0.6 is 22.6 Å². The van der Waals surface area contributed by atoms with Crippen molar-refractivity contribution in [2.45, 2.75) is 24.0 Å². The van der Waals surface area contributed by atoms with Crippen LogP contribution in [-0.4, -0.2) is 18.6 Å². The molecule has 0 bridgehead atoms. The van der Waals surface area contributed by atoms with E-state index in [0.29, 0.717) is 21.9 Å². The van der Waals surface area contributed by atoms with Crippen molar-refractivity contribution in [3.63, 3.8) is 0 Å². The van der Waals surface area contributed by atoms with Crippen molar-refractivity contribution >= 4 is 36.0 Å². The molecular formula is C19H15IN2O3S. The van der Waals surface area contributed by atoms with Crippen molar-refractivity contribution in [1.29, 1.82) is 0 Å². The van der Waals surface area contributed by atoms with E-state index in [1.807, 2.05) is 19.9 Å². The lowest BCUT2D eigenvalue weighted by atomic mass is 10.0. The van der Waals surface area contributed by atoms with Crippen LogP contribution in [0.5, 0.6) is 0 Å². The Hall–Kier alpha value is -2.00. The molecule has 26 heavy (non-hydrogen) atoms. The summed E-state index contributed by atoms with van der Waals surface area (Å²) in [5.74, 6) is 0.687. The summed E-state index contributed by atoms with van der Waals surface area (Å²) in [4.78, 5) is 4.83. The van der Waals surface area contributed by atoms with Gasteiger partial charge in [0.1, 0.15) is 11.0 Å². The number of fused-ring (bicyclic) bond motifs is 1. The van der Waals surface area contributed by atoms with Gasteiger partial charge in [0.15, 0.2) is 9.84 Å². The van der Waals surface area contributed by atoms with Gasteiger partial charge in [-0.15, -0.1) is 0 Å². The lowest BCUT2D eigenvalue weighted by molar-refractivity contribution is 0.393. The van der Waals surface area contributed by atoms with Gasteiger partial charge in [-0.1, -0.05) is 23.4 Å². The number of halogens is 1. The summed E-state index contributed by atoms with van der Waals surface area (Å²) in [7, 11) is -3.55. The molecule has 0 fully saturated rings. The molecule has 7 heteroatoms. The van der Waals surface area contributed by atoms with Gasteiger partial charge in [-0.05, 0) is 60.7 Å². The van der Waals surface area contributed by atoms with E-state index in [-0.39, 0.29) is 0 Å². The fourth-order valence-electron chi connectivity index (χ4n) is 3.25. The molecule has 0 amide bonds. The minimum Gasteiger partial charge on any atom is -0.361 e. The first kappa shape index (κ1) is 17.4. The molecule has 0 saturated heterocycles. The van der Waals surface area contributed by atoms with Crippen LogP contribution in [0.4, 0.5) is 0 Å². The highest BCUT2D eigenvalue weighted by Gasteiger charge is 2.35. The summed E-state index contributed by atoms with van der Waals surface area (Å²) in [6, 6.07) is 10.4. The number of nitrogens with zero attached hydrogens (tertiary/aromatic N) is 2. The first-order valence-electron chi connectivity index (χ1n) is 7.99. The van der Waals surface area contributed by atoms with Gasteiger partial charge in [-0.25, -0.2) is 8.42 Å². The Balaban J connectivity index is 1.87. The molecule has 0 N–H and O–H groups in total. The lowest BCUT2D eigenvalue weighted by Gasteiger charge is -2.13. The van der Waals surface area contributed by atoms with E-state index in [1.54, 1.807) is 42.6 Å². The van der Waals surface area contributed by atoms with Gasteiger partial charge >= 0.3 is 0 Å². The van der Waals surface area contributed by atoms with E-state index in [1.165, 1.54) is 0 Å². The average Bonchev–Trinajstić information content (AvgIpc) is 3.15. The zero-order valence-electron chi connectivity index (χ0n) is 14.1. The van der Waals surface area contributed by atoms with Crippen molar-refractivity contribution in [3.05, 3.63) is 71.4 Å². The SMILES string of the molecule is Cc1noc(C)c1-c1cnc2c(c1)C(S(=O)(=O)c1ccccc1)C=C2I. The molecule has 2 aromatic heterocycles. The van der Waals surface area contributed by atoms with Gasteiger partial charge in [-0.2, -0.15) is 0 Å². The van der Waals surface area contributed by atoms with Crippen LogP contribution in [-0.2, 0) is 9.84 Å². The molecule has 1 unspecified atom stereocenters. The van der Waals surface area contributed by atoms with E-state index < -0.39 is 15.1 Å². The summed E-state index contributed by atoms with van der Waals surface area (Å²) in [6.45, 7) is 3.70. The minimum absolute atomic E-state index is 0.307. The standard InChI is InChI=1S/C19H15IN2O3S/c1-11-18(12(2)25-22-11)13-8-15-17(9-16(20)19(15)21-10-13)26(23,24)14-6-4-3-5-7-14/h3-10,17H,1-2H3. The number of aromatic nitrogens is 2. The smallest absolute Gasteiger partial charge is 0.189 e. The van der Waals surface area contributed by atoms with E-state index in [2.05, 4.69) is 32.7 Å². The van der Waals surface area contributed by atoms with Crippen LogP contribution in [0.1, 0.15) is 28.0 Å². The molecule has 1 aliphatic rings. The second kappa shape index (κ2) is 6.31. The van der Waals surface area contributed by atoms with Crippen LogP contribution in [0.2, 0.25) is 0 Å². The van der Waals surface area contributed by atoms with Gasteiger partial charge in [0.05, 0.1) is 16.3 Å². The van der Waals surface area contributed by atoms with Gasteiger partial charge < -0.3 is 4.52 Å². The zero-order valence-corrected chi connectivity index (χ0v) is 17.1. The van der Waals surface area contributed by atoms with E-state index in [9.17, 15) is 8.42 Å². The predicted molar refractivity (Wildman–Crippen MR) is 108 cm³/mol. The molecule has 0 spiro atoms. The maximum absolute atomic E-state index is 13.2. The molecule has 0 radical (unpaired) electrons. The molecule has 3 aromatic rings. The minimum atomic E-state index is -3.55. The molecule has 5 nitrogen and oxygen atoms in total. The number of aryl methyl sites for hydroxylation is 2. The maximum Gasteiger partial charge on any atom is 0.189 e. The van der Waals surface area contributed by atoms with E-state index >= 15 is 0 Å². The van der Waals surface area contributed by atoms with Crippen LogP contribution in [0.25, 0.3) is 14.7 Å². The highest BCUT2D eigenvalue weighted by Crippen LogP contribution is 2.44. The monoisotopic (exact) mass is 478 g/mol. The first-order chi connectivity index (χ1) is 12.4. The molecule has 2 heterocycles. The van der Waals surface area contributed by atoms with Gasteiger partial charge in [0, 0.05) is 26.5 Å². The Labute approximate surface area is 165 Å². The third-order valence-corrected chi connectivity index (χ3v) is 7.33. The molecule has 0 aliphatic heterocycles. The topological polar surface area (TPSA) is 73.1 Å². The normalized spacial score (nSPS) is 16.4. The Morgan fingerprint density at radius 2 is 1.88 bits per heavy atom. The van der Waals surface area contributed by atoms with Crippen molar-refractivity contribution in [2.75, 3.05) is 0 Å². The molecule has 0 saturated carbocycles. The maximum atomic E-state index is 13.2. The summed E-state index contributed by atoms with van der Waals surface area (Å²) in [6.07, 6.45) is 3.51. The molecule has 4 rings (SSSR count). The third kappa shape index (κ3) is 2.69. The van der Waals surface area contributed by atoms with E-state index in [4.69, 9.17) is 4.52 Å². The average molecular weight is 478 g/mol. The van der Waals surface area contributed by atoms with Crippen LogP contribution in [0, 0.1) is 13.8 Å². The fourth-order valence-corrected chi connectivity index (χ4v) is 5.96. The summed E-state index contributed by atoms with van der Waals surface area (Å²) in [5, 5.41) is 3.23. The predicted octanol–water partition coefficient (Wildman–Crippen LogP) is 4.66. The van der Waals surface area contributed by atoms with Crippen molar-refractivity contribution in [2.24, 2.45) is 0 Å². The van der Waals surface area contributed by atoms with Crippen LogP contribution in [0.15, 0.2) is 58.1 Å². The Bertz CT molecular complexity index is 1120. The highest BCUT2D eigenvalue weighted by atomic mass is 127. The van der Waals surface area contributed by atoms with Crippen molar-refractivity contribution in [3.8, 4) is 11.1 Å². The zero-order chi connectivity index (χ0) is 18.5. The summed E-state index contributed by atoms with van der Waals surface area (Å²) in [5.41, 5.74) is 3.83. The van der Waals surface area contributed by atoms with Crippen LogP contribution < -0.4 is 0 Å². The third-order valence-electron chi connectivity index (χ3n) is 4.48. The fraction of sp³-hybridized carbons (Fsp3) is 0.158. The second-order valence-corrected chi connectivity index (χ2v) is 9.39. The highest BCUT2D eigenvalue weighted by molar-refractivity contribution is 14.1. The van der Waals surface area contributed by atoms with E-state index in [0.717, 1.165) is 20.4 Å². The number of sulfone groups is 1. The van der Waals surface area contributed by atoms with Gasteiger partial charge in [-0.3, -0.25) is 4.98 Å². The molecule has 1 atom stereocenters. The largest absolute Gasteiger partial charge is 0.361 e. The second-order valence-electron chi connectivity index (χ2n) is 6.15. The summed E-state index contributed by atoms with van der Waals surface area (Å²) >= 11 is 2.14. The Morgan fingerprint density at radius 3 is 2.54 bits per heavy atom. The first-order valence-corrected chi connectivity index (χ1v) is 10.6. The molecule has 1 aliphatic carbocycles. The number of hydrogen-bond donors (Lipinski definition) is 0. The molecular weight excluding hydrogens is 463 g/mol. The molecule has 132 valence electrons. The quantitative estimate of drug-likeness (QED) is 0.513. The number of hydrogen-bond acceptors (Lipinski definition) is 5. The van der Waals surface area contributed by atoms with Crippen molar-refractivity contribution < 1.29 is 12.9 Å². The molecule has 1 aromatic carbocycles. The summed E-state index contributed by atoms with van der Waals surface area (Å²) < 4.78 is 32.4. The lowest BCUT2D eigenvalue weighted by Crippen LogP contribution is -2.11. The van der Waals surface area contributed by atoms with Crippen LogP contribution in [0.3, 0.4) is 0 Å². The number of benzene rings is 1. The van der Waals surface area contributed by atoms with Gasteiger partial charge in [0.25, 0.3) is 0 Å². The Kier molecular flexibility index (Phi) is 4.23. The number of rotatable bonds is 3. The van der Waals surface area contributed by atoms with Crippen molar-refractivity contribution in [1.82, 2.24) is 10.1 Å².